The van der Waals surface area contributed by atoms with Crippen molar-refractivity contribution < 1.29 is 4.74 Å². The molecule has 8 rings (SSSR count). The number of anilines is 2. The summed E-state index contributed by atoms with van der Waals surface area (Å²) in [6.07, 6.45) is 6.39. The zero-order valence-corrected chi connectivity index (χ0v) is 42.1. The molecule has 0 radical (unpaired) electrons. The Morgan fingerprint density at radius 3 is 1.63 bits per heavy atom. The van der Waals surface area contributed by atoms with Crippen LogP contribution < -0.4 is 14.5 Å². The molecule has 0 unspecified atom stereocenters. The van der Waals surface area contributed by atoms with Gasteiger partial charge in [0.25, 0.3) is 0 Å². The molecule has 1 aliphatic rings. The molecule has 0 atom stereocenters. The number of fused-ring (bicyclic) bond motifs is 3. The Kier molecular flexibility index (Phi) is 11.7. The normalized spacial score (nSPS) is 13.9. The van der Waals surface area contributed by atoms with Gasteiger partial charge in [-0.15, -0.1) is 0 Å². The van der Waals surface area contributed by atoms with Crippen LogP contribution in [0, 0.1) is 0 Å². The third kappa shape index (κ3) is 9.22. The van der Waals surface area contributed by atoms with Gasteiger partial charge in [0.15, 0.2) is 0 Å². The lowest BCUT2D eigenvalue weighted by Gasteiger charge is -2.29. The van der Waals surface area contributed by atoms with Crippen molar-refractivity contribution in [2.24, 2.45) is 0 Å². The lowest BCUT2D eigenvalue weighted by molar-refractivity contribution is 0.483. The highest BCUT2D eigenvalue weighted by Gasteiger charge is 2.26. The van der Waals surface area contributed by atoms with E-state index < -0.39 is 0 Å². The second-order valence-electron chi connectivity index (χ2n) is 23.2. The molecule has 0 aliphatic carbocycles. The Bertz CT molecular complexity index is 2880. The molecule has 0 spiro atoms. The van der Waals surface area contributed by atoms with Gasteiger partial charge >= 0.3 is 0 Å². The molecule has 5 heteroatoms. The van der Waals surface area contributed by atoms with Crippen LogP contribution in [-0.4, -0.2) is 16.2 Å². The number of rotatable bonds is 8. The van der Waals surface area contributed by atoms with Crippen molar-refractivity contribution in [2.45, 2.75) is 144 Å². The number of pyridine rings is 1. The molecule has 7 aromatic rings. The van der Waals surface area contributed by atoms with Crippen molar-refractivity contribution in [3.05, 3.63) is 155 Å². The van der Waals surface area contributed by atoms with E-state index in [1.54, 1.807) is 0 Å². The van der Waals surface area contributed by atoms with E-state index in [-0.39, 0.29) is 21.7 Å². The van der Waals surface area contributed by atoms with Gasteiger partial charge in [0, 0.05) is 52.9 Å². The predicted molar refractivity (Wildman–Crippen MR) is 279 cm³/mol. The van der Waals surface area contributed by atoms with E-state index in [4.69, 9.17) is 9.72 Å². The van der Waals surface area contributed by atoms with E-state index in [1.165, 1.54) is 55.4 Å². The van der Waals surface area contributed by atoms with Gasteiger partial charge in [-0.25, -0.2) is 4.98 Å². The number of nitrogens with zero attached hydrogens (tertiary/aromatic N) is 4. The zero-order chi connectivity index (χ0) is 47.0. The van der Waals surface area contributed by atoms with Gasteiger partial charge in [0.2, 0.25) is 0 Å². The van der Waals surface area contributed by atoms with E-state index in [2.05, 4.69) is 241 Å². The highest BCUT2D eigenvalue weighted by Crippen LogP contribution is 2.43. The number of hydrogen-bond donors (Lipinski definition) is 0. The molecular formula is C60H72N4O. The van der Waals surface area contributed by atoms with E-state index in [9.17, 15) is 0 Å². The summed E-state index contributed by atoms with van der Waals surface area (Å²) < 4.78 is 9.43. The Balaban J connectivity index is 1.27. The smallest absolute Gasteiger partial charge is 0.137 e. The first-order valence-corrected chi connectivity index (χ1v) is 23.8. The van der Waals surface area contributed by atoms with Crippen molar-refractivity contribution in [3.8, 4) is 28.4 Å². The van der Waals surface area contributed by atoms with Crippen molar-refractivity contribution in [1.82, 2.24) is 9.55 Å². The fourth-order valence-corrected chi connectivity index (χ4v) is 9.16. The molecule has 0 saturated heterocycles. The van der Waals surface area contributed by atoms with E-state index in [1.807, 2.05) is 6.20 Å². The molecular weight excluding hydrogens is 793 g/mol. The first-order valence-electron chi connectivity index (χ1n) is 23.8. The number of ether oxygens (including phenoxy) is 1. The summed E-state index contributed by atoms with van der Waals surface area (Å²) in [5, 5.41) is 2.39. The molecule has 2 aromatic heterocycles. The Labute approximate surface area is 390 Å². The monoisotopic (exact) mass is 865 g/mol. The second-order valence-corrected chi connectivity index (χ2v) is 23.2. The van der Waals surface area contributed by atoms with Crippen LogP contribution in [0.25, 0.3) is 38.8 Å². The molecule has 0 saturated carbocycles. The van der Waals surface area contributed by atoms with Crippen LogP contribution in [0.3, 0.4) is 0 Å². The highest BCUT2D eigenvalue weighted by molar-refractivity contribution is 6.09. The summed E-state index contributed by atoms with van der Waals surface area (Å²) in [6, 6.07) is 38.6. The molecule has 0 N–H and O–H groups in total. The maximum Gasteiger partial charge on any atom is 0.137 e. The minimum Gasteiger partial charge on any atom is -0.457 e. The number of benzene rings is 5. The van der Waals surface area contributed by atoms with Crippen molar-refractivity contribution >= 4 is 33.2 Å². The van der Waals surface area contributed by atoms with Crippen LogP contribution >= 0.6 is 0 Å². The second kappa shape index (κ2) is 16.6. The molecule has 5 nitrogen and oxygen atoms in total. The fraction of sp³-hybridized carbons (Fsp3) is 0.383. The van der Waals surface area contributed by atoms with Crippen LogP contribution in [0.4, 0.5) is 11.4 Å². The van der Waals surface area contributed by atoms with Gasteiger partial charge in [-0.05, 0) is 139 Å². The standard InChI is InChI=1S/C60H72N4O/c1-38(2)49-18-17-19-50(39(3)4)56(49)40-28-45(62-26-27-63(37-62)46-31-43(59(11,12)13)30-44(32-46)60(14,15)16)35-48(29-40)65-47-21-22-51-52-33-41(57(5,6)7)20-23-53(52)64(54(51)36-47)55-34-42(24-25-61-55)58(8,9)10/h17-36,38-39H,37H2,1-16H3. The third-order valence-electron chi connectivity index (χ3n) is 13.3. The van der Waals surface area contributed by atoms with Gasteiger partial charge in [-0.1, -0.05) is 141 Å². The third-order valence-corrected chi connectivity index (χ3v) is 13.3. The highest BCUT2D eigenvalue weighted by atomic mass is 16.5. The minimum atomic E-state index is -0.0239. The molecule has 0 amide bonds. The number of hydrogen-bond acceptors (Lipinski definition) is 4. The topological polar surface area (TPSA) is 33.5 Å². The zero-order valence-electron chi connectivity index (χ0n) is 42.1. The van der Waals surface area contributed by atoms with Crippen LogP contribution in [0.2, 0.25) is 0 Å². The summed E-state index contributed by atoms with van der Waals surface area (Å²) in [5.74, 6) is 3.18. The first-order chi connectivity index (χ1) is 30.4. The molecule has 338 valence electrons. The Morgan fingerprint density at radius 1 is 0.492 bits per heavy atom. The lowest BCUT2D eigenvalue weighted by atomic mass is 9.80. The summed E-state index contributed by atoms with van der Waals surface area (Å²) in [4.78, 5) is 9.72. The molecule has 65 heavy (non-hydrogen) atoms. The quantitative estimate of drug-likeness (QED) is 0.152. The summed E-state index contributed by atoms with van der Waals surface area (Å²) in [7, 11) is 0. The summed E-state index contributed by atoms with van der Waals surface area (Å²) >= 11 is 0. The summed E-state index contributed by atoms with van der Waals surface area (Å²) in [5.41, 5.74) is 14.9. The van der Waals surface area contributed by atoms with Crippen LogP contribution in [0.1, 0.15) is 156 Å². The maximum absolute atomic E-state index is 7.11. The molecule has 0 bridgehead atoms. The minimum absolute atomic E-state index is 0.00973. The van der Waals surface area contributed by atoms with Crippen molar-refractivity contribution in [3.63, 3.8) is 0 Å². The average Bonchev–Trinajstić information content (AvgIpc) is 3.85. The van der Waals surface area contributed by atoms with Crippen LogP contribution in [0.5, 0.6) is 11.5 Å². The Hall–Kier alpha value is -5.81. The van der Waals surface area contributed by atoms with E-state index in [0.717, 1.165) is 39.6 Å². The summed E-state index contributed by atoms with van der Waals surface area (Å²) in [6.45, 7) is 37.3. The largest absolute Gasteiger partial charge is 0.457 e. The first kappa shape index (κ1) is 45.7. The fourth-order valence-electron chi connectivity index (χ4n) is 9.16. The van der Waals surface area contributed by atoms with Crippen LogP contribution in [0.15, 0.2) is 122 Å². The van der Waals surface area contributed by atoms with Gasteiger partial charge in [0.05, 0.1) is 17.7 Å². The van der Waals surface area contributed by atoms with E-state index >= 15 is 0 Å². The van der Waals surface area contributed by atoms with E-state index in [0.29, 0.717) is 18.5 Å². The number of aromatic nitrogens is 2. The molecule has 5 aromatic carbocycles. The average molecular weight is 865 g/mol. The van der Waals surface area contributed by atoms with Gasteiger partial charge < -0.3 is 14.5 Å². The SMILES string of the molecule is CC(C)c1cccc(C(C)C)c1-c1cc(Oc2ccc3c4cc(C(C)(C)C)ccc4n(-c4cc(C(C)(C)C)ccn4)c3c2)cc(N2C=CN(c3cc(C(C)(C)C)cc(C(C)(C)C)c3)C2)c1. The molecule has 3 heterocycles. The molecule has 0 fully saturated rings. The molecule has 1 aliphatic heterocycles. The van der Waals surface area contributed by atoms with Crippen molar-refractivity contribution in [1.29, 1.82) is 0 Å². The van der Waals surface area contributed by atoms with Gasteiger partial charge in [0.1, 0.15) is 17.3 Å². The van der Waals surface area contributed by atoms with Crippen LogP contribution in [-0.2, 0) is 21.7 Å². The lowest BCUT2D eigenvalue weighted by Crippen LogP contribution is -2.26. The maximum atomic E-state index is 7.11. The predicted octanol–water partition coefficient (Wildman–Crippen LogP) is 16.8. The Morgan fingerprint density at radius 2 is 1.06 bits per heavy atom. The van der Waals surface area contributed by atoms with Gasteiger partial charge in [-0.2, -0.15) is 0 Å². The van der Waals surface area contributed by atoms with Gasteiger partial charge in [-0.3, -0.25) is 4.57 Å². The van der Waals surface area contributed by atoms with Crippen molar-refractivity contribution in [2.75, 3.05) is 16.5 Å².